The summed E-state index contributed by atoms with van der Waals surface area (Å²) in [7, 11) is -4.15. The molecule has 1 aliphatic heterocycles. The Labute approximate surface area is 121 Å². The quantitative estimate of drug-likeness (QED) is 0.861. The van der Waals surface area contributed by atoms with Gasteiger partial charge in [-0.25, -0.2) is 21.6 Å². The third-order valence-electron chi connectivity index (χ3n) is 3.77. The van der Waals surface area contributed by atoms with E-state index < -0.39 is 32.4 Å². The fourth-order valence-electron chi connectivity index (χ4n) is 2.52. The summed E-state index contributed by atoms with van der Waals surface area (Å²) in [6.07, 6.45) is 2.07. The fraction of sp³-hybridized carbons (Fsp3) is 0.538. The van der Waals surface area contributed by atoms with Crippen LogP contribution in [0.1, 0.15) is 19.3 Å². The SMILES string of the molecule is NCCC1CCN(S(=O)(=O)c2ccc(F)c(F)c2F)CC1. The fourth-order valence-corrected chi connectivity index (χ4v) is 4.05. The van der Waals surface area contributed by atoms with Gasteiger partial charge in [-0.1, -0.05) is 0 Å². The average Bonchev–Trinajstić information content (AvgIpc) is 2.45. The zero-order chi connectivity index (χ0) is 15.6. The number of benzene rings is 1. The first kappa shape index (κ1) is 16.3. The van der Waals surface area contributed by atoms with E-state index in [1.54, 1.807) is 0 Å². The van der Waals surface area contributed by atoms with Crippen molar-refractivity contribution >= 4 is 10.0 Å². The maximum Gasteiger partial charge on any atom is 0.246 e. The molecule has 1 fully saturated rings. The first-order valence-corrected chi connectivity index (χ1v) is 8.15. The Morgan fingerprint density at radius 1 is 1.14 bits per heavy atom. The number of rotatable bonds is 4. The Hall–Kier alpha value is -1.12. The van der Waals surface area contributed by atoms with Gasteiger partial charge in [0.2, 0.25) is 10.0 Å². The van der Waals surface area contributed by atoms with Crippen LogP contribution in [-0.2, 0) is 10.0 Å². The van der Waals surface area contributed by atoms with Crippen LogP contribution in [0.3, 0.4) is 0 Å². The van der Waals surface area contributed by atoms with Crippen molar-refractivity contribution in [3.63, 3.8) is 0 Å². The number of hydrogen-bond acceptors (Lipinski definition) is 3. The molecular formula is C13H17F3N2O2S. The van der Waals surface area contributed by atoms with Gasteiger partial charge in [0.25, 0.3) is 0 Å². The van der Waals surface area contributed by atoms with Crippen molar-refractivity contribution in [1.82, 2.24) is 4.31 Å². The lowest BCUT2D eigenvalue weighted by molar-refractivity contribution is 0.265. The summed E-state index contributed by atoms with van der Waals surface area (Å²) >= 11 is 0. The average molecular weight is 322 g/mol. The molecular weight excluding hydrogens is 305 g/mol. The lowest BCUT2D eigenvalue weighted by Gasteiger charge is -2.31. The highest BCUT2D eigenvalue weighted by molar-refractivity contribution is 7.89. The molecule has 1 aromatic carbocycles. The van der Waals surface area contributed by atoms with E-state index in [2.05, 4.69) is 0 Å². The molecule has 0 radical (unpaired) electrons. The molecule has 0 bridgehead atoms. The number of nitrogens with two attached hydrogens (primary N) is 1. The van der Waals surface area contributed by atoms with Gasteiger partial charge in [0.1, 0.15) is 4.90 Å². The Bertz CT molecular complexity index is 614. The van der Waals surface area contributed by atoms with E-state index in [0.717, 1.165) is 16.8 Å². The molecule has 0 saturated carbocycles. The minimum atomic E-state index is -4.15. The number of sulfonamides is 1. The highest BCUT2D eigenvalue weighted by Gasteiger charge is 2.32. The molecule has 118 valence electrons. The number of nitrogens with zero attached hydrogens (tertiary/aromatic N) is 1. The Morgan fingerprint density at radius 3 is 2.33 bits per heavy atom. The summed E-state index contributed by atoms with van der Waals surface area (Å²) in [4.78, 5) is -0.821. The van der Waals surface area contributed by atoms with Crippen molar-refractivity contribution in [1.29, 1.82) is 0 Å². The van der Waals surface area contributed by atoms with Crippen LogP contribution in [0.5, 0.6) is 0 Å². The van der Waals surface area contributed by atoms with Crippen LogP contribution in [0.4, 0.5) is 13.2 Å². The van der Waals surface area contributed by atoms with Crippen LogP contribution in [-0.4, -0.2) is 32.4 Å². The van der Waals surface area contributed by atoms with Crippen molar-refractivity contribution in [3.8, 4) is 0 Å². The zero-order valence-electron chi connectivity index (χ0n) is 11.4. The number of piperidine rings is 1. The molecule has 1 saturated heterocycles. The van der Waals surface area contributed by atoms with E-state index in [1.807, 2.05) is 0 Å². The minimum Gasteiger partial charge on any atom is -0.330 e. The molecule has 21 heavy (non-hydrogen) atoms. The number of halogens is 3. The van der Waals surface area contributed by atoms with Gasteiger partial charge in [-0.3, -0.25) is 0 Å². The zero-order valence-corrected chi connectivity index (χ0v) is 12.2. The van der Waals surface area contributed by atoms with Gasteiger partial charge >= 0.3 is 0 Å². The summed E-state index contributed by atoms with van der Waals surface area (Å²) in [5.41, 5.74) is 5.46. The minimum absolute atomic E-state index is 0.228. The summed E-state index contributed by atoms with van der Waals surface area (Å²) in [6, 6.07) is 1.38. The van der Waals surface area contributed by atoms with Crippen molar-refractivity contribution in [3.05, 3.63) is 29.6 Å². The van der Waals surface area contributed by atoms with Gasteiger partial charge < -0.3 is 5.73 Å². The number of hydrogen-bond donors (Lipinski definition) is 1. The smallest absolute Gasteiger partial charge is 0.246 e. The predicted octanol–water partition coefficient (Wildman–Crippen LogP) is 1.85. The third-order valence-corrected chi connectivity index (χ3v) is 5.68. The van der Waals surface area contributed by atoms with E-state index in [0.29, 0.717) is 31.4 Å². The molecule has 0 aliphatic carbocycles. The largest absolute Gasteiger partial charge is 0.330 e. The van der Waals surface area contributed by atoms with E-state index in [1.165, 1.54) is 0 Å². The van der Waals surface area contributed by atoms with Crippen molar-refractivity contribution in [2.45, 2.75) is 24.2 Å². The van der Waals surface area contributed by atoms with Gasteiger partial charge in [0, 0.05) is 13.1 Å². The summed E-state index contributed by atoms with van der Waals surface area (Å²) in [6.45, 7) is 0.992. The third kappa shape index (κ3) is 3.22. The van der Waals surface area contributed by atoms with Gasteiger partial charge in [0.15, 0.2) is 17.5 Å². The molecule has 1 aliphatic rings. The molecule has 8 heteroatoms. The molecule has 0 aromatic heterocycles. The van der Waals surface area contributed by atoms with E-state index in [4.69, 9.17) is 5.73 Å². The van der Waals surface area contributed by atoms with Gasteiger partial charge in [0.05, 0.1) is 0 Å². The van der Waals surface area contributed by atoms with Crippen molar-refractivity contribution in [2.75, 3.05) is 19.6 Å². The van der Waals surface area contributed by atoms with Gasteiger partial charge in [-0.05, 0) is 43.9 Å². The second-order valence-corrected chi connectivity index (χ2v) is 7.00. The van der Waals surface area contributed by atoms with Crippen molar-refractivity contribution < 1.29 is 21.6 Å². The molecule has 1 heterocycles. The topological polar surface area (TPSA) is 63.4 Å². The molecule has 0 amide bonds. The molecule has 1 aromatic rings. The van der Waals surface area contributed by atoms with Gasteiger partial charge in [-0.15, -0.1) is 0 Å². The van der Waals surface area contributed by atoms with E-state index in [9.17, 15) is 21.6 Å². The second kappa shape index (κ2) is 6.33. The van der Waals surface area contributed by atoms with Crippen LogP contribution in [0.2, 0.25) is 0 Å². The highest BCUT2D eigenvalue weighted by atomic mass is 32.2. The lowest BCUT2D eigenvalue weighted by atomic mass is 9.95. The molecule has 4 nitrogen and oxygen atoms in total. The van der Waals surface area contributed by atoms with Crippen LogP contribution in [0.15, 0.2) is 17.0 Å². The van der Waals surface area contributed by atoms with E-state index >= 15 is 0 Å². The Kier molecular flexibility index (Phi) is 4.90. The molecule has 2 rings (SSSR count). The Balaban J connectivity index is 2.22. The maximum absolute atomic E-state index is 13.7. The second-order valence-electron chi connectivity index (χ2n) is 5.10. The molecule has 0 atom stereocenters. The molecule has 2 N–H and O–H groups in total. The predicted molar refractivity (Wildman–Crippen MR) is 71.5 cm³/mol. The Morgan fingerprint density at radius 2 is 1.76 bits per heavy atom. The standard InChI is InChI=1S/C13H17F3N2O2S/c14-10-1-2-11(13(16)12(10)15)21(19,20)18-7-4-9(3-6-17)5-8-18/h1-2,9H,3-8,17H2. The van der Waals surface area contributed by atoms with Crippen LogP contribution in [0.25, 0.3) is 0 Å². The van der Waals surface area contributed by atoms with Crippen LogP contribution < -0.4 is 5.73 Å². The highest BCUT2D eigenvalue weighted by Crippen LogP contribution is 2.27. The first-order chi connectivity index (χ1) is 9.87. The monoisotopic (exact) mass is 322 g/mol. The molecule has 0 unspecified atom stereocenters. The summed E-state index contributed by atoms with van der Waals surface area (Å²) in [5.74, 6) is -4.50. The first-order valence-electron chi connectivity index (χ1n) is 6.71. The maximum atomic E-state index is 13.7. The normalized spacial score (nSPS) is 18.1. The van der Waals surface area contributed by atoms with Gasteiger partial charge in [-0.2, -0.15) is 4.31 Å². The van der Waals surface area contributed by atoms with Crippen LogP contribution >= 0.6 is 0 Å². The van der Waals surface area contributed by atoms with Crippen molar-refractivity contribution in [2.24, 2.45) is 11.7 Å². The van der Waals surface area contributed by atoms with E-state index in [-0.39, 0.29) is 13.1 Å². The summed E-state index contributed by atoms with van der Waals surface area (Å²) in [5, 5.41) is 0. The molecule has 0 spiro atoms. The lowest BCUT2D eigenvalue weighted by Crippen LogP contribution is -2.39. The van der Waals surface area contributed by atoms with Crippen LogP contribution in [0, 0.1) is 23.4 Å². The summed E-state index contributed by atoms with van der Waals surface area (Å²) < 4.78 is 65.5.